The molecule has 0 radical (unpaired) electrons. The number of alkyl halides is 5. The van der Waals surface area contributed by atoms with Crippen molar-refractivity contribution in [3.05, 3.63) is 0 Å². The van der Waals surface area contributed by atoms with Crippen LogP contribution in [-0.4, -0.2) is 36.4 Å². The van der Waals surface area contributed by atoms with Gasteiger partial charge in [-0.2, -0.15) is 22.0 Å². The zero-order valence-corrected chi connectivity index (χ0v) is 12.0. The first-order valence-electron chi connectivity index (χ1n) is 6.71. The standard InChI is InChI=1S/C13H22F5NO/c1-10(2,3)19-8-7-11(5-4-6-11)20-9-12(14,15)13(16,17)18/h19H,4-9H2,1-3H3. The lowest BCUT2D eigenvalue weighted by Gasteiger charge is -2.43. The minimum Gasteiger partial charge on any atom is -0.368 e. The average molecular weight is 303 g/mol. The van der Waals surface area contributed by atoms with E-state index in [0.717, 1.165) is 6.42 Å². The van der Waals surface area contributed by atoms with E-state index < -0.39 is 24.3 Å². The normalized spacial score (nSPS) is 19.8. The van der Waals surface area contributed by atoms with E-state index in [4.69, 9.17) is 4.74 Å². The predicted molar refractivity (Wildman–Crippen MR) is 65.9 cm³/mol. The van der Waals surface area contributed by atoms with Crippen LogP contribution in [0.3, 0.4) is 0 Å². The summed E-state index contributed by atoms with van der Waals surface area (Å²) >= 11 is 0. The molecule has 120 valence electrons. The van der Waals surface area contributed by atoms with Gasteiger partial charge in [-0.25, -0.2) is 0 Å². The maximum Gasteiger partial charge on any atom is 0.455 e. The van der Waals surface area contributed by atoms with Crippen molar-refractivity contribution in [1.82, 2.24) is 5.32 Å². The Bertz CT molecular complexity index is 318. The Morgan fingerprint density at radius 3 is 1.95 bits per heavy atom. The van der Waals surface area contributed by atoms with E-state index in [9.17, 15) is 22.0 Å². The molecule has 1 aliphatic rings. The average Bonchev–Trinajstić information content (AvgIpc) is 2.17. The van der Waals surface area contributed by atoms with Crippen molar-refractivity contribution in [2.45, 2.75) is 69.7 Å². The molecule has 1 saturated carbocycles. The van der Waals surface area contributed by atoms with Crippen LogP contribution in [0.1, 0.15) is 46.5 Å². The van der Waals surface area contributed by atoms with Crippen molar-refractivity contribution in [1.29, 1.82) is 0 Å². The second kappa shape index (κ2) is 5.75. The summed E-state index contributed by atoms with van der Waals surface area (Å²) in [6.45, 7) is 4.81. The van der Waals surface area contributed by atoms with Crippen LogP contribution in [0.15, 0.2) is 0 Å². The summed E-state index contributed by atoms with van der Waals surface area (Å²) in [6.07, 6.45) is -3.24. The highest BCUT2D eigenvalue weighted by atomic mass is 19.4. The molecule has 0 heterocycles. The van der Waals surface area contributed by atoms with Crippen LogP contribution in [0.25, 0.3) is 0 Å². The van der Waals surface area contributed by atoms with Crippen molar-refractivity contribution in [2.24, 2.45) is 0 Å². The number of hydrogen-bond acceptors (Lipinski definition) is 2. The minimum absolute atomic E-state index is 0.124. The van der Waals surface area contributed by atoms with Crippen LogP contribution in [0.5, 0.6) is 0 Å². The van der Waals surface area contributed by atoms with Crippen molar-refractivity contribution >= 4 is 0 Å². The van der Waals surface area contributed by atoms with Gasteiger partial charge in [-0.3, -0.25) is 0 Å². The summed E-state index contributed by atoms with van der Waals surface area (Å²) in [5.74, 6) is -4.78. The third kappa shape index (κ3) is 4.84. The largest absolute Gasteiger partial charge is 0.455 e. The Labute approximate surface area is 116 Å². The molecule has 7 heteroatoms. The number of rotatable bonds is 6. The fraction of sp³-hybridized carbons (Fsp3) is 1.00. The van der Waals surface area contributed by atoms with E-state index in [1.807, 2.05) is 20.8 Å². The van der Waals surface area contributed by atoms with E-state index in [1.165, 1.54) is 0 Å². The minimum atomic E-state index is -5.55. The molecule has 0 aliphatic heterocycles. The van der Waals surface area contributed by atoms with Crippen molar-refractivity contribution in [3.8, 4) is 0 Å². The molecule has 1 fully saturated rings. The molecule has 0 saturated heterocycles. The van der Waals surface area contributed by atoms with Gasteiger partial charge in [-0.15, -0.1) is 0 Å². The Morgan fingerprint density at radius 1 is 1.05 bits per heavy atom. The Morgan fingerprint density at radius 2 is 1.60 bits per heavy atom. The van der Waals surface area contributed by atoms with E-state index >= 15 is 0 Å². The third-order valence-corrected chi connectivity index (χ3v) is 3.48. The first-order chi connectivity index (χ1) is 8.87. The molecular formula is C13H22F5NO. The van der Waals surface area contributed by atoms with Gasteiger partial charge in [0, 0.05) is 5.54 Å². The van der Waals surface area contributed by atoms with Gasteiger partial charge in [-0.1, -0.05) is 0 Å². The van der Waals surface area contributed by atoms with E-state index in [0.29, 0.717) is 25.8 Å². The van der Waals surface area contributed by atoms with Crippen LogP contribution < -0.4 is 5.32 Å². The lowest BCUT2D eigenvalue weighted by atomic mass is 9.77. The topological polar surface area (TPSA) is 21.3 Å². The summed E-state index contributed by atoms with van der Waals surface area (Å²) < 4.78 is 67.0. The SMILES string of the molecule is CC(C)(C)NCCC1(OCC(F)(F)C(F)(F)F)CCC1. The molecule has 0 aromatic carbocycles. The lowest BCUT2D eigenvalue weighted by Crippen LogP contribution is -2.49. The first-order valence-corrected chi connectivity index (χ1v) is 6.71. The predicted octanol–water partition coefficient (Wildman–Crippen LogP) is 3.90. The molecule has 0 spiro atoms. The van der Waals surface area contributed by atoms with Gasteiger partial charge in [0.25, 0.3) is 0 Å². The Balaban J connectivity index is 2.46. The van der Waals surface area contributed by atoms with Gasteiger partial charge < -0.3 is 10.1 Å². The summed E-state index contributed by atoms with van der Waals surface area (Å²) in [7, 11) is 0. The monoisotopic (exact) mass is 303 g/mol. The van der Waals surface area contributed by atoms with Crippen molar-refractivity contribution in [2.75, 3.05) is 13.2 Å². The van der Waals surface area contributed by atoms with E-state index in [1.54, 1.807) is 0 Å². The quantitative estimate of drug-likeness (QED) is 0.751. The molecule has 1 rings (SSSR count). The smallest absolute Gasteiger partial charge is 0.368 e. The molecule has 1 aliphatic carbocycles. The number of halogens is 5. The summed E-state index contributed by atoms with van der Waals surface area (Å²) in [5, 5.41) is 3.18. The summed E-state index contributed by atoms with van der Waals surface area (Å²) in [6, 6.07) is 0. The molecule has 0 atom stereocenters. The Hall–Kier alpha value is -0.430. The molecule has 1 N–H and O–H groups in total. The van der Waals surface area contributed by atoms with Gasteiger partial charge in [0.05, 0.1) is 5.60 Å². The summed E-state index contributed by atoms with van der Waals surface area (Å²) in [4.78, 5) is 0. The molecule has 0 bridgehead atoms. The Kier molecular flexibility index (Phi) is 5.07. The maximum absolute atomic E-state index is 12.9. The number of hydrogen-bond donors (Lipinski definition) is 1. The van der Waals surface area contributed by atoms with Gasteiger partial charge in [0.1, 0.15) is 6.61 Å². The van der Waals surface area contributed by atoms with Gasteiger partial charge in [0.15, 0.2) is 0 Å². The van der Waals surface area contributed by atoms with Gasteiger partial charge in [-0.05, 0) is 53.0 Å². The molecule has 0 aromatic heterocycles. The zero-order valence-electron chi connectivity index (χ0n) is 12.0. The van der Waals surface area contributed by atoms with Crippen LogP contribution in [-0.2, 0) is 4.74 Å². The van der Waals surface area contributed by atoms with Gasteiger partial charge in [0.2, 0.25) is 0 Å². The third-order valence-electron chi connectivity index (χ3n) is 3.48. The fourth-order valence-corrected chi connectivity index (χ4v) is 2.03. The van der Waals surface area contributed by atoms with Crippen molar-refractivity contribution < 1.29 is 26.7 Å². The summed E-state index contributed by atoms with van der Waals surface area (Å²) in [5.41, 5.74) is -0.951. The highest BCUT2D eigenvalue weighted by Crippen LogP contribution is 2.42. The van der Waals surface area contributed by atoms with Crippen LogP contribution in [0.4, 0.5) is 22.0 Å². The molecule has 0 aromatic rings. The fourth-order valence-electron chi connectivity index (χ4n) is 2.03. The van der Waals surface area contributed by atoms with Crippen LogP contribution >= 0.6 is 0 Å². The van der Waals surface area contributed by atoms with E-state index in [-0.39, 0.29) is 5.54 Å². The molecule has 0 unspecified atom stereocenters. The molecule has 2 nitrogen and oxygen atoms in total. The van der Waals surface area contributed by atoms with E-state index in [2.05, 4.69) is 5.32 Å². The molecular weight excluding hydrogens is 281 g/mol. The highest BCUT2D eigenvalue weighted by Gasteiger charge is 2.58. The first kappa shape index (κ1) is 17.6. The lowest BCUT2D eigenvalue weighted by molar-refractivity contribution is -0.309. The second-order valence-corrected chi connectivity index (χ2v) is 6.45. The highest BCUT2D eigenvalue weighted by molar-refractivity contribution is 4.92. The molecule has 0 amide bonds. The number of nitrogens with one attached hydrogen (secondary N) is 1. The van der Waals surface area contributed by atoms with Crippen LogP contribution in [0.2, 0.25) is 0 Å². The van der Waals surface area contributed by atoms with Crippen molar-refractivity contribution in [3.63, 3.8) is 0 Å². The zero-order chi connectivity index (χ0) is 15.7. The molecule has 20 heavy (non-hydrogen) atoms. The van der Waals surface area contributed by atoms with Gasteiger partial charge >= 0.3 is 12.1 Å². The van der Waals surface area contributed by atoms with Crippen LogP contribution in [0, 0.1) is 0 Å². The maximum atomic E-state index is 12.9. The number of ether oxygens (including phenoxy) is 1. The second-order valence-electron chi connectivity index (χ2n) is 6.45.